The van der Waals surface area contributed by atoms with Crippen molar-refractivity contribution in [3.8, 4) is 0 Å². The molecule has 90 valence electrons. The molecule has 2 nitrogen and oxygen atoms in total. The first-order valence-corrected chi connectivity index (χ1v) is 7.31. The monoisotopic (exact) mass is 239 g/mol. The fourth-order valence-electron chi connectivity index (χ4n) is 1.64. The molecule has 2 unspecified atom stereocenters. The number of rotatable bonds is 6. The van der Waals surface area contributed by atoms with Crippen LogP contribution in [0.25, 0.3) is 0 Å². The summed E-state index contributed by atoms with van der Waals surface area (Å²) in [6.45, 7) is 4.11. The summed E-state index contributed by atoms with van der Waals surface area (Å²) in [6, 6.07) is 8.76. The minimum atomic E-state index is -0.727. The van der Waals surface area contributed by atoms with Gasteiger partial charge in [-0.15, -0.1) is 0 Å². The number of hydrogen-bond acceptors (Lipinski definition) is 2. The molecule has 1 aromatic carbocycles. The molecule has 0 radical (unpaired) electrons. The van der Waals surface area contributed by atoms with Crippen LogP contribution in [0.4, 0.5) is 0 Å². The Morgan fingerprint density at radius 2 is 1.88 bits per heavy atom. The van der Waals surface area contributed by atoms with Crippen LogP contribution < -0.4 is 5.32 Å². The van der Waals surface area contributed by atoms with E-state index < -0.39 is 10.8 Å². The van der Waals surface area contributed by atoms with Gasteiger partial charge in [0.25, 0.3) is 0 Å². The maximum Gasteiger partial charge on any atom is 0.0434 e. The van der Waals surface area contributed by atoms with Crippen LogP contribution in [0.5, 0.6) is 0 Å². The molecule has 0 saturated heterocycles. The van der Waals surface area contributed by atoms with Gasteiger partial charge in [0.15, 0.2) is 0 Å². The Morgan fingerprint density at radius 3 is 2.31 bits per heavy atom. The molecule has 0 heterocycles. The average molecular weight is 239 g/mol. The zero-order valence-electron chi connectivity index (χ0n) is 10.3. The molecule has 16 heavy (non-hydrogen) atoms. The summed E-state index contributed by atoms with van der Waals surface area (Å²) in [5.74, 6) is 1.42. The molecular weight excluding hydrogens is 218 g/mol. The maximum atomic E-state index is 11.5. The summed E-state index contributed by atoms with van der Waals surface area (Å²) < 4.78 is 11.5. The minimum Gasteiger partial charge on any atom is -0.312 e. The van der Waals surface area contributed by atoms with Crippen LogP contribution in [0.15, 0.2) is 24.3 Å². The topological polar surface area (TPSA) is 29.1 Å². The second kappa shape index (κ2) is 6.81. The lowest BCUT2D eigenvalue weighted by atomic mass is 10.1. The second-order valence-corrected chi connectivity index (χ2v) is 5.62. The van der Waals surface area contributed by atoms with Gasteiger partial charge in [0.1, 0.15) is 0 Å². The van der Waals surface area contributed by atoms with Gasteiger partial charge >= 0.3 is 0 Å². The van der Waals surface area contributed by atoms with E-state index in [0.717, 1.165) is 12.2 Å². The van der Waals surface area contributed by atoms with Crippen molar-refractivity contribution >= 4 is 10.8 Å². The molecular formula is C13H21NOS. The lowest BCUT2D eigenvalue weighted by molar-refractivity contribution is 0.636. The zero-order valence-corrected chi connectivity index (χ0v) is 11.1. The van der Waals surface area contributed by atoms with Crippen molar-refractivity contribution in [3.05, 3.63) is 35.4 Å². The first-order chi connectivity index (χ1) is 7.71. The summed E-state index contributed by atoms with van der Waals surface area (Å²) in [5, 5.41) is 3.23. The van der Waals surface area contributed by atoms with Crippen molar-refractivity contribution in [2.75, 3.05) is 18.6 Å². The molecule has 0 aliphatic carbocycles. The summed E-state index contributed by atoms with van der Waals surface area (Å²) in [5.41, 5.74) is 2.57. The largest absolute Gasteiger partial charge is 0.312 e. The fraction of sp³-hybridized carbons (Fsp3) is 0.538. The molecule has 3 heteroatoms. The summed E-state index contributed by atoms with van der Waals surface area (Å²) in [7, 11) is 1.19. The van der Waals surface area contributed by atoms with E-state index in [0.29, 0.717) is 5.75 Å². The van der Waals surface area contributed by atoms with Crippen LogP contribution in [0.2, 0.25) is 0 Å². The van der Waals surface area contributed by atoms with Gasteiger partial charge in [0, 0.05) is 28.3 Å². The smallest absolute Gasteiger partial charge is 0.0434 e. The van der Waals surface area contributed by atoms with Gasteiger partial charge in [0.2, 0.25) is 0 Å². The molecule has 2 atom stereocenters. The highest BCUT2D eigenvalue weighted by molar-refractivity contribution is 7.84. The van der Waals surface area contributed by atoms with E-state index in [9.17, 15) is 4.21 Å². The van der Waals surface area contributed by atoms with Gasteiger partial charge in [-0.05, 0) is 24.6 Å². The highest BCUT2D eigenvalue weighted by Gasteiger charge is 2.11. The third-order valence-electron chi connectivity index (χ3n) is 2.81. The van der Waals surface area contributed by atoms with E-state index in [1.807, 2.05) is 14.0 Å². The van der Waals surface area contributed by atoms with Crippen molar-refractivity contribution in [1.29, 1.82) is 0 Å². The van der Waals surface area contributed by atoms with Gasteiger partial charge in [-0.3, -0.25) is 4.21 Å². The van der Waals surface area contributed by atoms with Gasteiger partial charge in [-0.2, -0.15) is 0 Å². The average Bonchev–Trinajstić information content (AvgIpc) is 2.35. The number of nitrogens with one attached hydrogen (secondary N) is 1. The highest BCUT2D eigenvalue weighted by atomic mass is 32.2. The van der Waals surface area contributed by atoms with E-state index in [1.54, 1.807) is 0 Å². The van der Waals surface area contributed by atoms with Gasteiger partial charge in [-0.25, -0.2) is 0 Å². The van der Waals surface area contributed by atoms with Crippen LogP contribution in [0, 0.1) is 0 Å². The van der Waals surface area contributed by atoms with Crippen LogP contribution in [-0.2, 0) is 17.2 Å². The molecule has 1 N–H and O–H groups in total. The number of benzene rings is 1. The van der Waals surface area contributed by atoms with Crippen LogP contribution in [-0.4, -0.2) is 22.8 Å². The molecule has 0 fully saturated rings. The second-order valence-electron chi connectivity index (χ2n) is 3.83. The Labute approximate surface area is 101 Å². The third kappa shape index (κ3) is 3.72. The Morgan fingerprint density at radius 1 is 1.25 bits per heavy atom. The Balaban J connectivity index is 2.74. The van der Waals surface area contributed by atoms with Crippen molar-refractivity contribution in [2.45, 2.75) is 26.3 Å². The van der Waals surface area contributed by atoms with Crippen LogP contribution >= 0.6 is 0 Å². The molecule has 0 aliphatic rings. The van der Waals surface area contributed by atoms with E-state index in [-0.39, 0.29) is 6.04 Å². The number of aryl methyl sites for hydroxylation is 1. The molecule has 1 aromatic rings. The Kier molecular flexibility index (Phi) is 5.71. The van der Waals surface area contributed by atoms with Gasteiger partial charge in [-0.1, -0.05) is 38.1 Å². The molecule has 0 saturated carbocycles. The fourth-order valence-corrected chi connectivity index (χ4v) is 2.60. The normalized spacial score (nSPS) is 14.7. The predicted molar refractivity (Wildman–Crippen MR) is 71.2 cm³/mol. The van der Waals surface area contributed by atoms with Crippen molar-refractivity contribution in [2.24, 2.45) is 0 Å². The Hall–Kier alpha value is -0.670. The minimum absolute atomic E-state index is 0.201. The molecule has 0 spiro atoms. The molecule has 0 bridgehead atoms. The highest BCUT2D eigenvalue weighted by Crippen LogP contribution is 2.15. The summed E-state index contributed by atoms with van der Waals surface area (Å²) in [4.78, 5) is 0. The quantitative estimate of drug-likeness (QED) is 0.825. The van der Waals surface area contributed by atoms with E-state index in [1.165, 1.54) is 11.1 Å². The first kappa shape index (κ1) is 13.4. The molecule has 0 aliphatic heterocycles. The first-order valence-electron chi connectivity index (χ1n) is 5.82. The van der Waals surface area contributed by atoms with Gasteiger partial charge in [0.05, 0.1) is 0 Å². The Bertz CT molecular complexity index is 334. The number of hydrogen-bond donors (Lipinski definition) is 1. The van der Waals surface area contributed by atoms with E-state index in [4.69, 9.17) is 0 Å². The predicted octanol–water partition coefficient (Wildman–Crippen LogP) is 2.28. The molecule has 0 amide bonds. The van der Waals surface area contributed by atoms with Crippen molar-refractivity contribution < 1.29 is 4.21 Å². The van der Waals surface area contributed by atoms with Crippen molar-refractivity contribution in [3.63, 3.8) is 0 Å². The SMILES string of the molecule is CCc1ccc(C(CS(=O)CC)NC)cc1. The maximum absolute atomic E-state index is 11.5. The van der Waals surface area contributed by atoms with Gasteiger partial charge < -0.3 is 5.32 Å². The summed E-state index contributed by atoms with van der Waals surface area (Å²) >= 11 is 0. The molecule has 0 aromatic heterocycles. The lowest BCUT2D eigenvalue weighted by Gasteiger charge is -2.16. The van der Waals surface area contributed by atoms with Crippen molar-refractivity contribution in [1.82, 2.24) is 5.32 Å². The standard InChI is InChI=1S/C13H21NOS/c1-4-11-6-8-12(9-7-11)13(14-3)10-16(15)5-2/h6-9,13-14H,4-5,10H2,1-3H3. The van der Waals surface area contributed by atoms with E-state index in [2.05, 4.69) is 36.5 Å². The summed E-state index contributed by atoms with van der Waals surface area (Å²) in [6.07, 6.45) is 1.06. The van der Waals surface area contributed by atoms with E-state index >= 15 is 0 Å². The third-order valence-corrected chi connectivity index (χ3v) is 4.16. The lowest BCUT2D eigenvalue weighted by Crippen LogP contribution is -2.23. The van der Waals surface area contributed by atoms with Crippen LogP contribution in [0.1, 0.15) is 31.0 Å². The molecule has 1 rings (SSSR count). The zero-order chi connectivity index (χ0) is 12.0. The van der Waals surface area contributed by atoms with Crippen LogP contribution in [0.3, 0.4) is 0 Å².